The van der Waals surface area contributed by atoms with Crippen molar-refractivity contribution in [2.45, 2.75) is 0 Å². The zero-order chi connectivity index (χ0) is 13.9. The summed E-state index contributed by atoms with van der Waals surface area (Å²) >= 11 is 0. The lowest BCUT2D eigenvalue weighted by Crippen LogP contribution is -2.15. The minimum absolute atomic E-state index is 0.0470. The summed E-state index contributed by atoms with van der Waals surface area (Å²) in [5, 5.41) is 11.7. The molecule has 1 aromatic carbocycles. The van der Waals surface area contributed by atoms with Gasteiger partial charge in [0.1, 0.15) is 5.82 Å². The van der Waals surface area contributed by atoms with Crippen molar-refractivity contribution in [3.8, 4) is 5.69 Å². The van der Waals surface area contributed by atoms with Crippen molar-refractivity contribution < 1.29 is 5.11 Å². The average molecular weight is 270 g/mol. The van der Waals surface area contributed by atoms with Gasteiger partial charge < -0.3 is 15.4 Å². The Bertz CT molecular complexity index is 774. The molecule has 20 heavy (non-hydrogen) atoms. The number of aromatic nitrogens is 3. The molecule has 0 amide bonds. The summed E-state index contributed by atoms with van der Waals surface area (Å²) in [6, 6.07) is 11.1. The van der Waals surface area contributed by atoms with Crippen LogP contribution in [-0.4, -0.2) is 32.8 Å². The smallest absolute Gasteiger partial charge is 0.331 e. The number of aliphatic hydroxyl groups is 1. The van der Waals surface area contributed by atoms with Gasteiger partial charge in [0.15, 0.2) is 0 Å². The summed E-state index contributed by atoms with van der Waals surface area (Å²) in [5.41, 5.74) is 2.11. The van der Waals surface area contributed by atoms with Crippen LogP contribution in [0.1, 0.15) is 0 Å². The van der Waals surface area contributed by atoms with Gasteiger partial charge in [-0.25, -0.2) is 9.78 Å². The van der Waals surface area contributed by atoms with E-state index in [1.807, 2.05) is 30.3 Å². The van der Waals surface area contributed by atoms with E-state index in [0.717, 1.165) is 11.0 Å². The van der Waals surface area contributed by atoms with E-state index >= 15 is 0 Å². The number of H-pyrrole nitrogens is 1. The fraction of sp³-hybridized carbons (Fsp3) is 0.143. The monoisotopic (exact) mass is 270 g/mol. The third-order valence-corrected chi connectivity index (χ3v) is 3.01. The Labute approximate surface area is 114 Å². The molecule has 6 nitrogen and oxygen atoms in total. The van der Waals surface area contributed by atoms with Crippen molar-refractivity contribution in [3.63, 3.8) is 0 Å². The Morgan fingerprint density at radius 3 is 2.85 bits per heavy atom. The summed E-state index contributed by atoms with van der Waals surface area (Å²) in [7, 11) is 0. The molecule has 0 atom stereocenters. The number of hydrogen-bond acceptors (Lipinski definition) is 4. The molecule has 0 saturated heterocycles. The number of aliphatic hydroxyl groups excluding tert-OH is 1. The minimum atomic E-state index is -0.191. The number of nitrogens with zero attached hydrogens (tertiary/aromatic N) is 2. The Kier molecular flexibility index (Phi) is 3.22. The minimum Gasteiger partial charge on any atom is -0.395 e. The predicted octanol–water partition coefficient (Wildman–Crippen LogP) is 1.12. The number of benzene rings is 1. The molecule has 0 spiro atoms. The number of anilines is 1. The summed E-state index contributed by atoms with van der Waals surface area (Å²) in [6.07, 6.45) is 1.63. The van der Waals surface area contributed by atoms with Crippen molar-refractivity contribution >= 4 is 16.9 Å². The third-order valence-electron chi connectivity index (χ3n) is 3.01. The van der Waals surface area contributed by atoms with Gasteiger partial charge in [-0.2, -0.15) is 0 Å². The highest BCUT2D eigenvalue weighted by Gasteiger charge is 2.08. The maximum atomic E-state index is 12.0. The van der Waals surface area contributed by atoms with Crippen LogP contribution in [0.3, 0.4) is 0 Å². The number of hydrogen-bond donors (Lipinski definition) is 3. The van der Waals surface area contributed by atoms with Crippen LogP contribution in [-0.2, 0) is 0 Å². The summed E-state index contributed by atoms with van der Waals surface area (Å²) < 4.78 is 1.58. The molecule has 0 aliphatic rings. The van der Waals surface area contributed by atoms with E-state index in [1.165, 1.54) is 0 Å². The molecule has 0 bridgehead atoms. The van der Waals surface area contributed by atoms with Gasteiger partial charge >= 0.3 is 5.69 Å². The Balaban J connectivity index is 2.03. The molecule has 3 rings (SSSR count). The highest BCUT2D eigenvalue weighted by molar-refractivity contribution is 5.77. The van der Waals surface area contributed by atoms with Gasteiger partial charge in [0.25, 0.3) is 0 Å². The summed E-state index contributed by atoms with van der Waals surface area (Å²) in [4.78, 5) is 19.1. The van der Waals surface area contributed by atoms with Crippen molar-refractivity contribution in [2.24, 2.45) is 0 Å². The molecule has 2 heterocycles. The average Bonchev–Trinajstić information content (AvgIpc) is 2.81. The van der Waals surface area contributed by atoms with Crippen molar-refractivity contribution in [1.82, 2.24) is 14.5 Å². The van der Waals surface area contributed by atoms with E-state index in [-0.39, 0.29) is 12.3 Å². The quantitative estimate of drug-likeness (QED) is 0.663. The molecule has 3 N–H and O–H groups in total. The second-order valence-corrected chi connectivity index (χ2v) is 4.33. The maximum absolute atomic E-state index is 12.0. The van der Waals surface area contributed by atoms with Gasteiger partial charge in [0.2, 0.25) is 0 Å². The molecule has 102 valence electrons. The summed E-state index contributed by atoms with van der Waals surface area (Å²) in [6.45, 7) is 0.491. The lowest BCUT2D eigenvalue weighted by atomic mass is 10.3. The van der Waals surface area contributed by atoms with Crippen LogP contribution in [0.4, 0.5) is 5.82 Å². The highest BCUT2D eigenvalue weighted by Crippen LogP contribution is 2.15. The van der Waals surface area contributed by atoms with Crippen molar-refractivity contribution in [3.05, 3.63) is 53.1 Å². The fourth-order valence-corrected chi connectivity index (χ4v) is 2.12. The van der Waals surface area contributed by atoms with Gasteiger partial charge in [-0.3, -0.25) is 4.57 Å². The molecule has 0 saturated carbocycles. The first-order valence-electron chi connectivity index (χ1n) is 6.30. The number of rotatable bonds is 4. The lowest BCUT2D eigenvalue weighted by Gasteiger charge is -2.06. The standard InChI is InChI=1S/C14H14N4O2/c19-8-7-15-13-6-5-10(9-16-13)18-12-4-2-1-3-11(12)17-14(18)20/h1-6,9,19H,7-8H2,(H,15,16)(H,17,20). The second kappa shape index (κ2) is 5.18. The summed E-state index contributed by atoms with van der Waals surface area (Å²) in [5.74, 6) is 0.663. The molecule has 3 aromatic rings. The van der Waals surface area contributed by atoms with Crippen LogP contribution in [0.2, 0.25) is 0 Å². The predicted molar refractivity (Wildman–Crippen MR) is 77.3 cm³/mol. The Morgan fingerprint density at radius 2 is 2.10 bits per heavy atom. The first-order valence-corrected chi connectivity index (χ1v) is 6.30. The Hall–Kier alpha value is -2.60. The number of aromatic amines is 1. The second-order valence-electron chi connectivity index (χ2n) is 4.33. The first kappa shape index (κ1) is 12.4. The normalized spacial score (nSPS) is 10.8. The molecule has 0 aliphatic carbocycles. The third kappa shape index (κ3) is 2.17. The lowest BCUT2D eigenvalue weighted by molar-refractivity contribution is 0.311. The molecule has 0 radical (unpaired) electrons. The Morgan fingerprint density at radius 1 is 1.25 bits per heavy atom. The fourth-order valence-electron chi connectivity index (χ4n) is 2.12. The maximum Gasteiger partial charge on any atom is 0.331 e. The van der Waals surface area contributed by atoms with Gasteiger partial charge in [-0.15, -0.1) is 0 Å². The van der Waals surface area contributed by atoms with Crippen molar-refractivity contribution in [2.75, 3.05) is 18.5 Å². The molecule has 0 unspecified atom stereocenters. The number of fused-ring (bicyclic) bond motifs is 1. The molecule has 0 aliphatic heterocycles. The van der Waals surface area contributed by atoms with E-state index in [4.69, 9.17) is 5.11 Å². The topological polar surface area (TPSA) is 82.9 Å². The van der Waals surface area contributed by atoms with Crippen molar-refractivity contribution in [1.29, 1.82) is 0 Å². The van der Waals surface area contributed by atoms with Gasteiger partial charge in [0.05, 0.1) is 29.5 Å². The van der Waals surface area contributed by atoms with E-state index in [9.17, 15) is 4.79 Å². The van der Waals surface area contributed by atoms with E-state index < -0.39 is 0 Å². The van der Waals surface area contributed by atoms with Crippen LogP contribution < -0.4 is 11.0 Å². The van der Waals surface area contributed by atoms with E-state index in [2.05, 4.69) is 15.3 Å². The zero-order valence-electron chi connectivity index (χ0n) is 10.7. The molecular weight excluding hydrogens is 256 g/mol. The number of para-hydroxylation sites is 2. The van der Waals surface area contributed by atoms with Crippen LogP contribution in [0.5, 0.6) is 0 Å². The van der Waals surface area contributed by atoms with Crippen LogP contribution in [0, 0.1) is 0 Å². The van der Waals surface area contributed by atoms with Crippen LogP contribution in [0.25, 0.3) is 16.7 Å². The number of imidazole rings is 1. The number of pyridine rings is 1. The molecule has 6 heteroatoms. The molecule has 2 aromatic heterocycles. The van der Waals surface area contributed by atoms with Gasteiger partial charge in [-0.05, 0) is 24.3 Å². The largest absolute Gasteiger partial charge is 0.395 e. The van der Waals surface area contributed by atoms with E-state index in [1.54, 1.807) is 16.8 Å². The molecular formula is C14H14N4O2. The van der Waals surface area contributed by atoms with E-state index in [0.29, 0.717) is 18.1 Å². The first-order chi connectivity index (χ1) is 9.79. The van der Waals surface area contributed by atoms with Crippen LogP contribution in [0.15, 0.2) is 47.4 Å². The molecule has 0 fully saturated rings. The highest BCUT2D eigenvalue weighted by atomic mass is 16.3. The van der Waals surface area contributed by atoms with Crippen LogP contribution >= 0.6 is 0 Å². The number of nitrogens with one attached hydrogen (secondary N) is 2. The van der Waals surface area contributed by atoms with Gasteiger partial charge in [-0.1, -0.05) is 12.1 Å². The zero-order valence-corrected chi connectivity index (χ0v) is 10.7. The SMILES string of the molecule is O=c1[nH]c2ccccc2n1-c1ccc(NCCO)nc1. The van der Waals surface area contributed by atoms with Gasteiger partial charge in [0, 0.05) is 6.54 Å².